The normalized spacial score (nSPS) is 13.4. The average Bonchev–Trinajstić information content (AvgIpc) is 2.67. The average molecular weight is 218 g/mol. The first-order valence-electron chi connectivity index (χ1n) is 5.15. The van der Waals surface area contributed by atoms with Crippen LogP contribution in [0.15, 0.2) is 30.9 Å². The summed E-state index contributed by atoms with van der Waals surface area (Å²) in [6, 6.07) is 5.46. The Bertz CT molecular complexity index is 429. The van der Waals surface area contributed by atoms with Crippen LogP contribution in [0.3, 0.4) is 0 Å². The SMILES string of the molecule is C=CCOC(=O)c1ccc2c(c1)N(N)CC2. The summed E-state index contributed by atoms with van der Waals surface area (Å²) >= 11 is 0. The number of nitrogens with two attached hydrogens (primary N) is 1. The molecule has 84 valence electrons. The van der Waals surface area contributed by atoms with Crippen LogP contribution in [0.4, 0.5) is 5.69 Å². The molecular formula is C12H14N2O2. The van der Waals surface area contributed by atoms with E-state index in [0.29, 0.717) is 5.56 Å². The zero-order valence-corrected chi connectivity index (χ0v) is 8.98. The molecule has 0 spiro atoms. The fourth-order valence-electron chi connectivity index (χ4n) is 1.75. The van der Waals surface area contributed by atoms with E-state index in [2.05, 4.69) is 6.58 Å². The number of nitrogens with zero attached hydrogens (tertiary/aromatic N) is 1. The lowest BCUT2D eigenvalue weighted by atomic mass is 10.1. The summed E-state index contributed by atoms with van der Waals surface area (Å²) in [5.41, 5.74) is 2.61. The summed E-state index contributed by atoms with van der Waals surface area (Å²) in [6.45, 7) is 4.51. The molecule has 0 atom stereocenters. The fourth-order valence-corrected chi connectivity index (χ4v) is 1.75. The van der Waals surface area contributed by atoms with Gasteiger partial charge in [0.05, 0.1) is 11.3 Å². The zero-order chi connectivity index (χ0) is 11.5. The molecule has 2 rings (SSSR count). The summed E-state index contributed by atoms with van der Waals surface area (Å²) in [6.07, 6.45) is 2.47. The third-order valence-corrected chi connectivity index (χ3v) is 2.58. The third kappa shape index (κ3) is 1.92. The van der Waals surface area contributed by atoms with Gasteiger partial charge >= 0.3 is 5.97 Å². The molecule has 16 heavy (non-hydrogen) atoms. The van der Waals surface area contributed by atoms with Crippen LogP contribution in [0.5, 0.6) is 0 Å². The summed E-state index contributed by atoms with van der Waals surface area (Å²) in [7, 11) is 0. The van der Waals surface area contributed by atoms with Gasteiger partial charge in [-0.05, 0) is 24.1 Å². The van der Waals surface area contributed by atoms with Gasteiger partial charge in [-0.15, -0.1) is 0 Å². The Labute approximate surface area is 94.3 Å². The van der Waals surface area contributed by atoms with Crippen molar-refractivity contribution in [2.75, 3.05) is 18.2 Å². The first-order chi connectivity index (χ1) is 7.72. The highest BCUT2D eigenvalue weighted by Gasteiger charge is 2.18. The zero-order valence-electron chi connectivity index (χ0n) is 8.98. The van der Waals surface area contributed by atoms with Gasteiger partial charge in [0.15, 0.2) is 0 Å². The molecule has 0 radical (unpaired) electrons. The first kappa shape index (κ1) is 10.7. The second kappa shape index (κ2) is 4.37. The van der Waals surface area contributed by atoms with E-state index < -0.39 is 0 Å². The van der Waals surface area contributed by atoms with E-state index >= 15 is 0 Å². The van der Waals surface area contributed by atoms with E-state index in [1.165, 1.54) is 5.56 Å². The molecule has 0 aliphatic carbocycles. The molecule has 0 bridgehead atoms. The van der Waals surface area contributed by atoms with Gasteiger partial charge < -0.3 is 9.75 Å². The number of fused-ring (bicyclic) bond motifs is 1. The number of carbonyl (C=O) groups is 1. The van der Waals surface area contributed by atoms with Crippen LogP contribution < -0.4 is 10.9 Å². The van der Waals surface area contributed by atoms with Crippen molar-refractivity contribution in [1.82, 2.24) is 0 Å². The fraction of sp³-hybridized carbons (Fsp3) is 0.250. The standard InChI is InChI=1S/C12H14N2O2/c1-2-7-16-12(15)10-4-3-9-5-6-14(13)11(9)8-10/h2-4,8H,1,5-7,13H2. The second-order valence-corrected chi connectivity index (χ2v) is 3.67. The summed E-state index contributed by atoms with van der Waals surface area (Å²) in [5, 5.41) is 1.65. The lowest BCUT2D eigenvalue weighted by Gasteiger charge is -2.12. The quantitative estimate of drug-likeness (QED) is 0.471. The number of ether oxygens (including phenoxy) is 1. The largest absolute Gasteiger partial charge is 0.458 e. The van der Waals surface area contributed by atoms with Gasteiger partial charge in [-0.2, -0.15) is 0 Å². The van der Waals surface area contributed by atoms with Gasteiger partial charge in [-0.25, -0.2) is 10.6 Å². The lowest BCUT2D eigenvalue weighted by molar-refractivity contribution is 0.0550. The maximum Gasteiger partial charge on any atom is 0.338 e. The van der Waals surface area contributed by atoms with Crippen LogP contribution in [-0.2, 0) is 11.2 Å². The van der Waals surface area contributed by atoms with Gasteiger partial charge in [0, 0.05) is 6.54 Å². The molecule has 0 unspecified atom stereocenters. The molecule has 0 saturated heterocycles. The van der Waals surface area contributed by atoms with Gasteiger partial charge in [0.25, 0.3) is 0 Å². The molecular weight excluding hydrogens is 204 g/mol. The molecule has 1 aromatic carbocycles. The highest BCUT2D eigenvalue weighted by atomic mass is 16.5. The number of benzene rings is 1. The molecule has 0 aromatic heterocycles. The summed E-state index contributed by atoms with van der Waals surface area (Å²) in [5.74, 6) is 5.44. The number of hydrogen-bond acceptors (Lipinski definition) is 4. The van der Waals surface area contributed by atoms with E-state index in [1.54, 1.807) is 23.2 Å². The number of esters is 1. The van der Waals surface area contributed by atoms with Crippen molar-refractivity contribution in [1.29, 1.82) is 0 Å². The number of rotatable bonds is 3. The molecule has 1 aliphatic heterocycles. The van der Waals surface area contributed by atoms with Gasteiger partial charge in [0.1, 0.15) is 6.61 Å². The topological polar surface area (TPSA) is 55.6 Å². The minimum Gasteiger partial charge on any atom is -0.458 e. The minimum atomic E-state index is -0.344. The Kier molecular flexibility index (Phi) is 2.92. The smallest absolute Gasteiger partial charge is 0.338 e. The summed E-state index contributed by atoms with van der Waals surface area (Å²) < 4.78 is 4.96. The third-order valence-electron chi connectivity index (χ3n) is 2.58. The Hall–Kier alpha value is -1.81. The second-order valence-electron chi connectivity index (χ2n) is 3.67. The van der Waals surface area contributed by atoms with E-state index in [1.807, 2.05) is 6.07 Å². The van der Waals surface area contributed by atoms with E-state index in [-0.39, 0.29) is 12.6 Å². The molecule has 1 aliphatic rings. The summed E-state index contributed by atoms with van der Waals surface area (Å²) in [4.78, 5) is 11.6. The number of hydrazine groups is 1. The van der Waals surface area contributed by atoms with Crippen molar-refractivity contribution in [3.63, 3.8) is 0 Å². The van der Waals surface area contributed by atoms with Crippen LogP contribution in [0.1, 0.15) is 15.9 Å². The van der Waals surface area contributed by atoms with Crippen molar-refractivity contribution in [3.8, 4) is 0 Å². The van der Waals surface area contributed by atoms with Crippen LogP contribution in [-0.4, -0.2) is 19.1 Å². The molecule has 4 nitrogen and oxygen atoms in total. The van der Waals surface area contributed by atoms with Crippen LogP contribution in [0, 0.1) is 0 Å². The monoisotopic (exact) mass is 218 g/mol. The van der Waals surface area contributed by atoms with Crippen LogP contribution in [0.25, 0.3) is 0 Å². The highest BCUT2D eigenvalue weighted by Crippen LogP contribution is 2.26. The maximum atomic E-state index is 11.6. The minimum absolute atomic E-state index is 0.224. The van der Waals surface area contributed by atoms with Crippen LogP contribution in [0.2, 0.25) is 0 Å². The van der Waals surface area contributed by atoms with E-state index in [0.717, 1.165) is 18.7 Å². The van der Waals surface area contributed by atoms with Gasteiger partial charge in [-0.3, -0.25) is 0 Å². The predicted octanol–water partition coefficient (Wildman–Crippen LogP) is 1.27. The van der Waals surface area contributed by atoms with Crippen molar-refractivity contribution in [2.24, 2.45) is 5.84 Å². The number of hydrogen-bond donors (Lipinski definition) is 1. The number of anilines is 1. The molecule has 0 amide bonds. The molecule has 1 heterocycles. The van der Waals surface area contributed by atoms with Gasteiger partial charge in [-0.1, -0.05) is 18.7 Å². The first-order valence-corrected chi connectivity index (χ1v) is 5.15. The molecule has 0 saturated carbocycles. The predicted molar refractivity (Wildman–Crippen MR) is 62.2 cm³/mol. The van der Waals surface area contributed by atoms with Crippen LogP contribution >= 0.6 is 0 Å². The van der Waals surface area contributed by atoms with Gasteiger partial charge in [0.2, 0.25) is 0 Å². The molecule has 0 fully saturated rings. The Morgan fingerprint density at radius 3 is 3.19 bits per heavy atom. The van der Waals surface area contributed by atoms with Crippen molar-refractivity contribution in [3.05, 3.63) is 42.0 Å². The highest BCUT2D eigenvalue weighted by molar-refractivity contribution is 5.91. The van der Waals surface area contributed by atoms with E-state index in [4.69, 9.17) is 10.6 Å². The van der Waals surface area contributed by atoms with Crippen molar-refractivity contribution in [2.45, 2.75) is 6.42 Å². The Morgan fingerprint density at radius 2 is 2.44 bits per heavy atom. The van der Waals surface area contributed by atoms with E-state index in [9.17, 15) is 4.79 Å². The molecule has 1 aromatic rings. The van der Waals surface area contributed by atoms with Crippen molar-refractivity contribution < 1.29 is 9.53 Å². The lowest BCUT2D eigenvalue weighted by Crippen LogP contribution is -2.28. The number of carbonyl (C=O) groups excluding carboxylic acids is 1. The van der Waals surface area contributed by atoms with Crippen molar-refractivity contribution >= 4 is 11.7 Å². The Balaban J connectivity index is 2.20. The maximum absolute atomic E-state index is 11.6. The molecule has 2 N–H and O–H groups in total. The Morgan fingerprint density at radius 1 is 1.62 bits per heavy atom. The molecule has 4 heteroatoms.